The van der Waals surface area contributed by atoms with Crippen molar-refractivity contribution >= 4 is 0 Å². The molecule has 0 spiro atoms. The van der Waals surface area contributed by atoms with Crippen LogP contribution in [0.5, 0.6) is 0 Å². The quantitative estimate of drug-likeness (QED) is 0.631. The van der Waals surface area contributed by atoms with E-state index in [1.165, 1.54) is 31.7 Å². The van der Waals surface area contributed by atoms with Crippen LogP contribution in [0.3, 0.4) is 0 Å². The van der Waals surface area contributed by atoms with E-state index >= 15 is 0 Å². The highest BCUT2D eigenvalue weighted by Crippen LogP contribution is 2.22. The number of ether oxygens (including phenoxy) is 1. The molecule has 2 rings (SSSR count). The van der Waals surface area contributed by atoms with Gasteiger partial charge in [0, 0.05) is 23.1 Å². The van der Waals surface area contributed by atoms with Crippen LogP contribution in [0.2, 0.25) is 0 Å². The van der Waals surface area contributed by atoms with Gasteiger partial charge in [-0.3, -0.25) is 0 Å². The van der Waals surface area contributed by atoms with Crippen molar-refractivity contribution in [2.24, 2.45) is 0 Å². The van der Waals surface area contributed by atoms with Crippen molar-refractivity contribution < 1.29 is 9.50 Å². The molecule has 0 amide bonds. The van der Waals surface area contributed by atoms with Crippen LogP contribution in [-0.4, -0.2) is 16.9 Å². The van der Waals surface area contributed by atoms with Crippen LogP contribution in [-0.2, 0) is 4.74 Å². The Morgan fingerprint density at radius 3 is 2.88 bits per heavy atom. The molecule has 2 aliphatic rings. The van der Waals surface area contributed by atoms with Crippen molar-refractivity contribution in [1.82, 2.24) is 5.06 Å². The van der Waals surface area contributed by atoms with Gasteiger partial charge in [-0.15, -0.1) is 0 Å². The fourth-order valence-corrected chi connectivity index (χ4v) is 1.41. The highest BCUT2D eigenvalue weighted by atomic mass is 16.5. The van der Waals surface area contributed by atoms with Crippen molar-refractivity contribution in [3.05, 3.63) is 70.0 Å². The highest BCUT2D eigenvalue weighted by Gasteiger charge is 2.21. The Kier molecular flexibility index (Phi) is 2.70. The summed E-state index contributed by atoms with van der Waals surface area (Å²) in [4.78, 5) is 11.5. The zero-order valence-electron chi connectivity index (χ0n) is 8.66. The third kappa shape index (κ3) is 1.80. The number of hydrogen-bond donors (Lipinski definition) is 0. The molecule has 5 heteroatoms. The topological polar surface area (TPSA) is 55.6 Å². The normalized spacial score (nSPS) is 23.8. The van der Waals surface area contributed by atoms with Crippen LogP contribution in [0.25, 0.3) is 0 Å². The first kappa shape index (κ1) is 10.4. The SMILES string of the molecule is COC1=CC(=C2C=CC=C[N+]2=O)N([O-])C=C1. The Balaban J connectivity index is 2.46. The molecule has 0 aromatic rings. The molecule has 0 fully saturated rings. The van der Waals surface area contributed by atoms with Crippen LogP contribution in [0.15, 0.2) is 59.9 Å². The van der Waals surface area contributed by atoms with E-state index in [0.717, 1.165) is 0 Å². The zero-order chi connectivity index (χ0) is 11.5. The van der Waals surface area contributed by atoms with E-state index in [0.29, 0.717) is 15.6 Å². The van der Waals surface area contributed by atoms with Crippen LogP contribution >= 0.6 is 0 Å². The first-order chi connectivity index (χ1) is 7.72. The van der Waals surface area contributed by atoms with Crippen LogP contribution in [0.1, 0.15) is 0 Å². The predicted molar refractivity (Wildman–Crippen MR) is 58.4 cm³/mol. The largest absolute Gasteiger partial charge is 0.754 e. The van der Waals surface area contributed by atoms with Gasteiger partial charge >= 0.3 is 0 Å². The number of methoxy groups -OCH3 is 1. The molecule has 82 valence electrons. The summed E-state index contributed by atoms with van der Waals surface area (Å²) in [5.41, 5.74) is 0.548. The summed E-state index contributed by atoms with van der Waals surface area (Å²) < 4.78 is 5.65. The molecule has 0 atom stereocenters. The Labute approximate surface area is 92.5 Å². The molecule has 0 saturated heterocycles. The number of nitroso groups, excluding NO2 is 1. The Morgan fingerprint density at radius 1 is 1.38 bits per heavy atom. The molecular formula is C11H10N2O3. The molecule has 5 nitrogen and oxygen atoms in total. The Morgan fingerprint density at radius 2 is 2.19 bits per heavy atom. The third-order valence-corrected chi connectivity index (χ3v) is 2.21. The summed E-state index contributed by atoms with van der Waals surface area (Å²) in [5.74, 6) is 0.533. The first-order valence-electron chi connectivity index (χ1n) is 4.68. The van der Waals surface area contributed by atoms with Crippen molar-refractivity contribution in [1.29, 1.82) is 0 Å². The molecule has 0 saturated carbocycles. The molecule has 0 radical (unpaired) electrons. The molecule has 16 heavy (non-hydrogen) atoms. The minimum atomic E-state index is 0.259. The molecule has 0 aromatic carbocycles. The number of hydrogen-bond acceptors (Lipinski definition) is 4. The first-order valence-corrected chi connectivity index (χ1v) is 4.68. The lowest BCUT2D eigenvalue weighted by Crippen LogP contribution is -2.16. The second kappa shape index (κ2) is 4.16. The van der Waals surface area contributed by atoms with Gasteiger partial charge < -0.3 is 15.0 Å². The maximum absolute atomic E-state index is 11.5. The summed E-state index contributed by atoms with van der Waals surface area (Å²) >= 11 is 0. The van der Waals surface area contributed by atoms with Gasteiger partial charge in [0.2, 0.25) is 6.20 Å². The van der Waals surface area contributed by atoms with Gasteiger partial charge in [-0.2, -0.15) is 0 Å². The third-order valence-electron chi connectivity index (χ3n) is 2.21. The summed E-state index contributed by atoms with van der Waals surface area (Å²) in [6.07, 6.45) is 10.6. The average Bonchev–Trinajstić information content (AvgIpc) is 2.31. The standard InChI is InChI=1S/C11H10N2O3/c1-16-9-5-7-13(15)11(8-9)10-4-2-3-6-12(10)14/h2-8H,1H3. The number of rotatable bonds is 1. The van der Waals surface area contributed by atoms with Crippen molar-refractivity contribution in [2.75, 3.05) is 7.11 Å². The average molecular weight is 218 g/mol. The van der Waals surface area contributed by atoms with Gasteiger partial charge in [0.15, 0.2) is 0 Å². The van der Waals surface area contributed by atoms with Gasteiger partial charge in [0.1, 0.15) is 11.5 Å². The van der Waals surface area contributed by atoms with Crippen LogP contribution < -0.4 is 0 Å². The van der Waals surface area contributed by atoms with Gasteiger partial charge in [-0.05, 0) is 18.4 Å². The molecule has 0 aliphatic carbocycles. The fourth-order valence-electron chi connectivity index (χ4n) is 1.41. The van der Waals surface area contributed by atoms with Crippen molar-refractivity contribution in [2.45, 2.75) is 0 Å². The zero-order valence-corrected chi connectivity index (χ0v) is 8.66. The molecule has 0 bridgehead atoms. The van der Waals surface area contributed by atoms with E-state index in [2.05, 4.69) is 0 Å². The summed E-state index contributed by atoms with van der Waals surface area (Å²) in [6.45, 7) is 0. The molecule has 0 unspecified atom stereocenters. The van der Waals surface area contributed by atoms with E-state index in [1.54, 1.807) is 18.2 Å². The van der Waals surface area contributed by atoms with E-state index in [-0.39, 0.29) is 11.4 Å². The Hall–Kier alpha value is -2.14. The van der Waals surface area contributed by atoms with Gasteiger partial charge in [0.05, 0.1) is 11.9 Å². The van der Waals surface area contributed by atoms with E-state index < -0.39 is 0 Å². The van der Waals surface area contributed by atoms with Crippen molar-refractivity contribution in [3.8, 4) is 0 Å². The molecule has 2 heterocycles. The maximum Gasteiger partial charge on any atom is 0.285 e. The monoisotopic (exact) mass is 218 g/mol. The summed E-state index contributed by atoms with van der Waals surface area (Å²) in [7, 11) is 1.50. The second-order valence-corrected chi connectivity index (χ2v) is 3.19. The smallest absolute Gasteiger partial charge is 0.285 e. The van der Waals surface area contributed by atoms with Gasteiger partial charge in [-0.1, -0.05) is 0 Å². The lowest BCUT2D eigenvalue weighted by Gasteiger charge is -2.29. The fraction of sp³-hybridized carbons (Fsp3) is 0.0909. The van der Waals surface area contributed by atoms with Crippen LogP contribution in [0, 0.1) is 10.1 Å². The minimum absolute atomic E-state index is 0.259. The van der Waals surface area contributed by atoms with E-state index in [9.17, 15) is 10.1 Å². The van der Waals surface area contributed by atoms with Crippen molar-refractivity contribution in [3.63, 3.8) is 0 Å². The second-order valence-electron chi connectivity index (χ2n) is 3.19. The molecule has 2 aliphatic heterocycles. The molecule has 0 aromatic heterocycles. The maximum atomic E-state index is 11.5. The number of nitrogens with zero attached hydrogens (tertiary/aromatic N) is 2. The molecular weight excluding hydrogens is 208 g/mol. The number of hydroxylamine groups is 2. The lowest BCUT2D eigenvalue weighted by molar-refractivity contribution is -0.421. The predicted octanol–water partition coefficient (Wildman–Crippen LogP) is 1.92. The minimum Gasteiger partial charge on any atom is -0.754 e. The van der Waals surface area contributed by atoms with Gasteiger partial charge in [0.25, 0.3) is 5.70 Å². The lowest BCUT2D eigenvalue weighted by atomic mass is 10.2. The van der Waals surface area contributed by atoms with Crippen LogP contribution in [0.4, 0.5) is 0 Å². The highest BCUT2D eigenvalue weighted by molar-refractivity contribution is 5.38. The summed E-state index contributed by atoms with van der Waals surface area (Å²) in [5, 5.41) is 12.2. The van der Waals surface area contributed by atoms with E-state index in [1.807, 2.05) is 0 Å². The Bertz CT molecular complexity index is 470. The summed E-state index contributed by atoms with van der Waals surface area (Å²) in [6, 6.07) is 0. The number of allylic oxidation sites excluding steroid dienone is 5. The molecule has 0 N–H and O–H groups in total. The van der Waals surface area contributed by atoms with Gasteiger partial charge in [-0.25, -0.2) is 0 Å². The van der Waals surface area contributed by atoms with E-state index in [4.69, 9.17) is 4.74 Å².